The fraction of sp³-hybridized carbons (Fsp3) is 0.308. The number of aliphatic hydroxyl groups excluding tert-OH is 1. The lowest BCUT2D eigenvalue weighted by Gasteiger charge is -2.13. The van der Waals surface area contributed by atoms with E-state index in [4.69, 9.17) is 5.11 Å². The van der Waals surface area contributed by atoms with Gasteiger partial charge < -0.3 is 5.11 Å². The van der Waals surface area contributed by atoms with Crippen LogP contribution in [0.3, 0.4) is 0 Å². The van der Waals surface area contributed by atoms with E-state index in [1.54, 1.807) is 18.2 Å². The van der Waals surface area contributed by atoms with Gasteiger partial charge in [-0.05, 0) is 23.6 Å². The van der Waals surface area contributed by atoms with Crippen LogP contribution in [0.2, 0.25) is 0 Å². The van der Waals surface area contributed by atoms with E-state index in [0.29, 0.717) is 30.4 Å². The van der Waals surface area contributed by atoms with Crippen molar-refractivity contribution >= 4 is 11.4 Å². The summed E-state index contributed by atoms with van der Waals surface area (Å²) in [7, 11) is 0. The van der Waals surface area contributed by atoms with Gasteiger partial charge in [0.25, 0.3) is 0 Å². The summed E-state index contributed by atoms with van der Waals surface area (Å²) in [5, 5.41) is 8.87. The second kappa shape index (κ2) is 4.58. The van der Waals surface area contributed by atoms with Gasteiger partial charge in [0, 0.05) is 18.4 Å². The molecule has 2 rings (SSSR count). The van der Waals surface area contributed by atoms with Crippen LogP contribution in [0.25, 0.3) is 5.57 Å². The quantitative estimate of drug-likeness (QED) is 0.831. The van der Waals surface area contributed by atoms with Crippen LogP contribution in [-0.2, 0) is 11.4 Å². The molecule has 0 radical (unpaired) electrons. The second-order valence-electron chi connectivity index (χ2n) is 3.94. The number of allylic oxidation sites excluding steroid dienone is 2. The number of hydrogen-bond acceptors (Lipinski definition) is 2. The van der Waals surface area contributed by atoms with Gasteiger partial charge >= 0.3 is 0 Å². The molecule has 0 fully saturated rings. The Morgan fingerprint density at radius 2 is 2.12 bits per heavy atom. The number of halogens is 1. The van der Waals surface area contributed by atoms with E-state index in [0.717, 1.165) is 5.57 Å². The Hall–Kier alpha value is -1.48. The zero-order valence-electron chi connectivity index (χ0n) is 8.87. The van der Waals surface area contributed by atoms with Crippen molar-refractivity contribution in [3.63, 3.8) is 0 Å². The van der Waals surface area contributed by atoms with Crippen molar-refractivity contribution in [2.24, 2.45) is 0 Å². The molecule has 84 valence electrons. The number of Topliss-reactive ketones (excluding diaryl/α,β-unsaturated/α-hetero) is 1. The van der Waals surface area contributed by atoms with Crippen LogP contribution in [0.5, 0.6) is 0 Å². The van der Waals surface area contributed by atoms with Gasteiger partial charge in [0.05, 0.1) is 6.61 Å². The van der Waals surface area contributed by atoms with E-state index in [-0.39, 0.29) is 18.2 Å². The van der Waals surface area contributed by atoms with Crippen LogP contribution in [0.4, 0.5) is 4.39 Å². The maximum absolute atomic E-state index is 13.7. The number of carbonyl (C=O) groups is 1. The number of hydrogen-bond donors (Lipinski definition) is 1. The highest BCUT2D eigenvalue weighted by Crippen LogP contribution is 2.27. The summed E-state index contributed by atoms with van der Waals surface area (Å²) in [6, 6.07) is 4.71. The van der Waals surface area contributed by atoms with Crippen molar-refractivity contribution < 1.29 is 14.3 Å². The minimum Gasteiger partial charge on any atom is -0.392 e. The molecule has 0 amide bonds. The van der Waals surface area contributed by atoms with Crippen molar-refractivity contribution in [2.75, 3.05) is 0 Å². The highest BCUT2D eigenvalue weighted by molar-refractivity contribution is 5.86. The lowest BCUT2D eigenvalue weighted by atomic mass is 9.92. The number of aliphatic hydroxyl groups is 1. The molecule has 0 aromatic heterocycles. The number of ketones is 1. The summed E-state index contributed by atoms with van der Waals surface area (Å²) in [6.07, 6.45) is 3.29. The first-order valence-electron chi connectivity index (χ1n) is 5.31. The van der Waals surface area contributed by atoms with Gasteiger partial charge in [-0.1, -0.05) is 18.2 Å². The van der Waals surface area contributed by atoms with Crippen LogP contribution >= 0.6 is 0 Å². The van der Waals surface area contributed by atoms with Crippen molar-refractivity contribution in [3.05, 3.63) is 41.2 Å². The Labute approximate surface area is 93.4 Å². The summed E-state index contributed by atoms with van der Waals surface area (Å²) >= 11 is 0. The predicted molar refractivity (Wildman–Crippen MR) is 59.2 cm³/mol. The Balaban J connectivity index is 2.30. The molecule has 0 saturated heterocycles. The third-order valence-corrected chi connectivity index (χ3v) is 2.81. The van der Waals surface area contributed by atoms with Crippen LogP contribution in [0.15, 0.2) is 24.3 Å². The summed E-state index contributed by atoms with van der Waals surface area (Å²) in [5.41, 5.74) is 2.00. The molecule has 1 aliphatic rings. The number of carbonyl (C=O) groups excluding carboxylic acids is 1. The standard InChI is InChI=1S/C13H13FO2/c14-13-7-9(8-15)1-6-12(13)10-2-4-11(16)5-3-10/h1-2,6-7,15H,3-5,8H2. The summed E-state index contributed by atoms with van der Waals surface area (Å²) in [6.45, 7) is -0.158. The average Bonchev–Trinajstić information content (AvgIpc) is 2.30. The van der Waals surface area contributed by atoms with E-state index in [1.165, 1.54) is 6.07 Å². The molecule has 1 aliphatic carbocycles. The maximum Gasteiger partial charge on any atom is 0.137 e. The van der Waals surface area contributed by atoms with E-state index in [9.17, 15) is 9.18 Å². The molecule has 0 aliphatic heterocycles. The van der Waals surface area contributed by atoms with E-state index in [1.807, 2.05) is 0 Å². The van der Waals surface area contributed by atoms with E-state index >= 15 is 0 Å². The van der Waals surface area contributed by atoms with Gasteiger partial charge in [-0.3, -0.25) is 4.79 Å². The minimum atomic E-state index is -0.327. The third kappa shape index (κ3) is 2.19. The molecule has 0 saturated carbocycles. The minimum absolute atomic E-state index is 0.158. The van der Waals surface area contributed by atoms with Gasteiger partial charge in [0.2, 0.25) is 0 Å². The van der Waals surface area contributed by atoms with Crippen molar-refractivity contribution in [1.29, 1.82) is 0 Å². The molecule has 16 heavy (non-hydrogen) atoms. The van der Waals surface area contributed by atoms with Gasteiger partial charge in [-0.2, -0.15) is 0 Å². The summed E-state index contributed by atoms with van der Waals surface area (Å²) < 4.78 is 13.7. The maximum atomic E-state index is 13.7. The van der Waals surface area contributed by atoms with Crippen LogP contribution in [0.1, 0.15) is 30.4 Å². The monoisotopic (exact) mass is 220 g/mol. The zero-order chi connectivity index (χ0) is 11.5. The second-order valence-corrected chi connectivity index (χ2v) is 3.94. The molecular formula is C13H13FO2. The van der Waals surface area contributed by atoms with Gasteiger partial charge in [-0.25, -0.2) is 4.39 Å². The number of rotatable bonds is 2. The van der Waals surface area contributed by atoms with Crippen LogP contribution in [-0.4, -0.2) is 10.9 Å². The molecule has 0 bridgehead atoms. The highest BCUT2D eigenvalue weighted by atomic mass is 19.1. The molecule has 0 heterocycles. The summed E-state index contributed by atoms with van der Waals surface area (Å²) in [5.74, 6) is -0.122. The first kappa shape index (κ1) is 11.0. The molecule has 0 spiro atoms. The third-order valence-electron chi connectivity index (χ3n) is 2.81. The van der Waals surface area contributed by atoms with Crippen LogP contribution in [0, 0.1) is 5.82 Å². The average molecular weight is 220 g/mol. The van der Waals surface area contributed by atoms with Gasteiger partial charge in [0.1, 0.15) is 11.6 Å². The van der Waals surface area contributed by atoms with Gasteiger partial charge in [0.15, 0.2) is 0 Å². The van der Waals surface area contributed by atoms with E-state index in [2.05, 4.69) is 0 Å². The van der Waals surface area contributed by atoms with Gasteiger partial charge in [-0.15, -0.1) is 0 Å². The zero-order valence-corrected chi connectivity index (χ0v) is 8.87. The van der Waals surface area contributed by atoms with Crippen molar-refractivity contribution in [2.45, 2.75) is 25.9 Å². The normalized spacial score (nSPS) is 16.1. The number of benzene rings is 1. The van der Waals surface area contributed by atoms with Crippen molar-refractivity contribution in [3.8, 4) is 0 Å². The van der Waals surface area contributed by atoms with Crippen molar-refractivity contribution in [1.82, 2.24) is 0 Å². The Bertz CT molecular complexity index is 449. The topological polar surface area (TPSA) is 37.3 Å². The highest BCUT2D eigenvalue weighted by Gasteiger charge is 2.14. The first-order valence-corrected chi connectivity index (χ1v) is 5.31. The lowest BCUT2D eigenvalue weighted by Crippen LogP contribution is -2.04. The van der Waals surface area contributed by atoms with Crippen LogP contribution < -0.4 is 0 Å². The SMILES string of the molecule is O=C1CC=C(c2ccc(CO)cc2F)CC1. The molecule has 1 N–H and O–H groups in total. The predicted octanol–water partition coefficient (Wildman–Crippen LogP) is 2.45. The summed E-state index contributed by atoms with van der Waals surface area (Å²) in [4.78, 5) is 11.1. The Morgan fingerprint density at radius 3 is 2.69 bits per heavy atom. The molecule has 0 atom stereocenters. The fourth-order valence-corrected chi connectivity index (χ4v) is 1.88. The molecule has 1 aromatic rings. The molecule has 3 heteroatoms. The molecule has 2 nitrogen and oxygen atoms in total. The molecule has 0 unspecified atom stereocenters. The first-order chi connectivity index (χ1) is 7.70. The molecule has 1 aromatic carbocycles. The lowest BCUT2D eigenvalue weighted by molar-refractivity contribution is -0.118. The fourth-order valence-electron chi connectivity index (χ4n) is 1.88. The molecular weight excluding hydrogens is 207 g/mol. The Kier molecular flexibility index (Phi) is 3.15. The largest absolute Gasteiger partial charge is 0.392 e. The smallest absolute Gasteiger partial charge is 0.137 e. The van der Waals surface area contributed by atoms with E-state index < -0.39 is 0 Å². The Morgan fingerprint density at radius 1 is 1.31 bits per heavy atom.